The number of sulfonamides is 1. The first-order chi connectivity index (χ1) is 9.41. The van der Waals surface area contributed by atoms with Crippen molar-refractivity contribution in [2.45, 2.75) is 19.4 Å². The molecule has 0 saturated carbocycles. The SMILES string of the molecule is CCS(=O)(=O)N[C@@H]1CCN(C(=O)c2ccc(F)cc2)C1. The molecule has 1 fully saturated rings. The van der Waals surface area contributed by atoms with Crippen LogP contribution >= 0.6 is 0 Å². The van der Waals surface area contributed by atoms with Gasteiger partial charge in [-0.05, 0) is 37.6 Å². The molecule has 1 heterocycles. The van der Waals surface area contributed by atoms with E-state index in [2.05, 4.69) is 4.72 Å². The molecule has 1 aliphatic heterocycles. The van der Waals surface area contributed by atoms with E-state index in [0.29, 0.717) is 25.1 Å². The lowest BCUT2D eigenvalue weighted by Crippen LogP contribution is -2.39. The van der Waals surface area contributed by atoms with E-state index in [1.807, 2.05) is 0 Å². The summed E-state index contributed by atoms with van der Waals surface area (Å²) in [5, 5.41) is 0. The topological polar surface area (TPSA) is 66.5 Å². The van der Waals surface area contributed by atoms with Crippen LogP contribution in [0.5, 0.6) is 0 Å². The van der Waals surface area contributed by atoms with Crippen LogP contribution in [0.2, 0.25) is 0 Å². The van der Waals surface area contributed by atoms with E-state index in [1.165, 1.54) is 24.3 Å². The molecule has 1 N–H and O–H groups in total. The molecule has 0 aromatic heterocycles. The van der Waals surface area contributed by atoms with Crippen LogP contribution < -0.4 is 4.72 Å². The Hall–Kier alpha value is -1.47. The monoisotopic (exact) mass is 300 g/mol. The number of benzene rings is 1. The minimum atomic E-state index is -3.26. The van der Waals surface area contributed by atoms with Crippen molar-refractivity contribution in [1.29, 1.82) is 0 Å². The predicted octanol–water partition coefficient (Wildman–Crippen LogP) is 0.979. The average Bonchev–Trinajstić information content (AvgIpc) is 2.86. The maximum atomic E-state index is 12.8. The third-order valence-corrected chi connectivity index (χ3v) is 4.75. The number of nitrogens with zero attached hydrogens (tertiary/aromatic N) is 1. The number of likely N-dealkylation sites (tertiary alicyclic amines) is 1. The number of halogens is 1. The van der Waals surface area contributed by atoms with E-state index in [-0.39, 0.29) is 17.7 Å². The van der Waals surface area contributed by atoms with Gasteiger partial charge >= 0.3 is 0 Å². The molecule has 2 rings (SSSR count). The zero-order valence-electron chi connectivity index (χ0n) is 11.2. The lowest BCUT2D eigenvalue weighted by Gasteiger charge is -2.17. The molecule has 1 aromatic carbocycles. The van der Waals surface area contributed by atoms with E-state index >= 15 is 0 Å². The van der Waals surface area contributed by atoms with Crippen molar-refractivity contribution in [2.75, 3.05) is 18.8 Å². The highest BCUT2D eigenvalue weighted by Crippen LogP contribution is 2.15. The Morgan fingerprint density at radius 1 is 1.40 bits per heavy atom. The van der Waals surface area contributed by atoms with Crippen LogP contribution in [0.1, 0.15) is 23.7 Å². The summed E-state index contributed by atoms with van der Waals surface area (Å²) in [5.74, 6) is -0.574. The quantitative estimate of drug-likeness (QED) is 0.901. The maximum absolute atomic E-state index is 12.8. The fraction of sp³-hybridized carbons (Fsp3) is 0.462. The van der Waals surface area contributed by atoms with Gasteiger partial charge in [0, 0.05) is 24.7 Å². The summed E-state index contributed by atoms with van der Waals surface area (Å²) in [7, 11) is -3.26. The molecule has 20 heavy (non-hydrogen) atoms. The number of rotatable bonds is 4. The molecule has 110 valence electrons. The summed E-state index contributed by atoms with van der Waals surface area (Å²) < 4.78 is 38.3. The van der Waals surface area contributed by atoms with Crippen molar-refractivity contribution < 1.29 is 17.6 Å². The van der Waals surface area contributed by atoms with Crippen molar-refractivity contribution >= 4 is 15.9 Å². The van der Waals surface area contributed by atoms with Gasteiger partial charge in [0.05, 0.1) is 5.75 Å². The minimum Gasteiger partial charge on any atom is -0.337 e. The molecule has 1 atom stereocenters. The van der Waals surface area contributed by atoms with E-state index in [0.717, 1.165) is 0 Å². The summed E-state index contributed by atoms with van der Waals surface area (Å²) in [6.45, 7) is 2.40. The Labute approximate surface area is 117 Å². The minimum absolute atomic E-state index is 0.0232. The van der Waals surface area contributed by atoms with Crippen LogP contribution in [0.4, 0.5) is 4.39 Å². The number of hydrogen-bond acceptors (Lipinski definition) is 3. The van der Waals surface area contributed by atoms with Crippen molar-refractivity contribution in [3.05, 3.63) is 35.6 Å². The molecular formula is C13H17FN2O3S. The fourth-order valence-corrected chi connectivity index (χ4v) is 3.02. The zero-order valence-corrected chi connectivity index (χ0v) is 12.0. The van der Waals surface area contributed by atoms with Crippen molar-refractivity contribution in [3.63, 3.8) is 0 Å². The molecule has 1 saturated heterocycles. The third-order valence-electron chi connectivity index (χ3n) is 3.29. The molecule has 1 aliphatic rings. The molecule has 5 nitrogen and oxygen atoms in total. The van der Waals surface area contributed by atoms with Gasteiger partial charge in [0.1, 0.15) is 5.82 Å². The number of carbonyl (C=O) groups is 1. The molecule has 1 amide bonds. The number of amides is 1. The van der Waals surface area contributed by atoms with Crippen LogP contribution in [0.3, 0.4) is 0 Å². The summed E-state index contributed by atoms with van der Waals surface area (Å²) >= 11 is 0. The average molecular weight is 300 g/mol. The van der Waals surface area contributed by atoms with Crippen LogP contribution in [0.15, 0.2) is 24.3 Å². The second kappa shape index (κ2) is 5.88. The van der Waals surface area contributed by atoms with Gasteiger partial charge in [0.2, 0.25) is 10.0 Å². The first-order valence-electron chi connectivity index (χ1n) is 6.46. The summed E-state index contributed by atoms with van der Waals surface area (Å²) in [6, 6.07) is 5.09. The molecule has 7 heteroatoms. The lowest BCUT2D eigenvalue weighted by molar-refractivity contribution is 0.0790. The van der Waals surface area contributed by atoms with Crippen molar-refractivity contribution in [2.24, 2.45) is 0 Å². The highest BCUT2D eigenvalue weighted by Gasteiger charge is 2.29. The van der Waals surface area contributed by atoms with E-state index in [1.54, 1.807) is 11.8 Å². The summed E-state index contributed by atoms with van der Waals surface area (Å²) in [5.41, 5.74) is 0.408. The highest BCUT2D eigenvalue weighted by atomic mass is 32.2. The number of nitrogens with one attached hydrogen (secondary N) is 1. The van der Waals surface area contributed by atoms with Crippen LogP contribution in [0, 0.1) is 5.82 Å². The first-order valence-corrected chi connectivity index (χ1v) is 8.11. The second-order valence-corrected chi connectivity index (χ2v) is 6.81. The smallest absolute Gasteiger partial charge is 0.253 e. The Balaban J connectivity index is 1.99. The van der Waals surface area contributed by atoms with Gasteiger partial charge < -0.3 is 4.90 Å². The molecular weight excluding hydrogens is 283 g/mol. The zero-order chi connectivity index (χ0) is 14.8. The van der Waals surface area contributed by atoms with Gasteiger partial charge in [-0.15, -0.1) is 0 Å². The standard InChI is InChI=1S/C13H17FN2O3S/c1-2-20(18,19)15-12-7-8-16(9-12)13(17)10-3-5-11(14)6-4-10/h3-6,12,15H,2,7-9H2,1H3/t12-/m1/s1. The molecule has 0 aliphatic carbocycles. The molecule has 0 radical (unpaired) electrons. The third kappa shape index (κ3) is 3.55. The number of carbonyl (C=O) groups excluding carboxylic acids is 1. The molecule has 1 aromatic rings. The first kappa shape index (κ1) is 14.9. The van der Waals surface area contributed by atoms with Gasteiger partial charge in [-0.3, -0.25) is 4.79 Å². The van der Waals surface area contributed by atoms with Crippen LogP contribution in [0.25, 0.3) is 0 Å². The van der Waals surface area contributed by atoms with Gasteiger partial charge in [0.15, 0.2) is 0 Å². The van der Waals surface area contributed by atoms with Gasteiger partial charge in [-0.2, -0.15) is 0 Å². The van der Waals surface area contributed by atoms with Gasteiger partial charge in [0.25, 0.3) is 5.91 Å². The second-order valence-electron chi connectivity index (χ2n) is 4.76. The molecule has 0 unspecified atom stereocenters. The van der Waals surface area contributed by atoms with Crippen molar-refractivity contribution in [1.82, 2.24) is 9.62 Å². The lowest BCUT2D eigenvalue weighted by atomic mass is 10.2. The maximum Gasteiger partial charge on any atom is 0.253 e. The van der Waals surface area contributed by atoms with Crippen LogP contribution in [-0.4, -0.2) is 44.1 Å². The summed E-state index contributed by atoms with van der Waals surface area (Å²) in [4.78, 5) is 13.7. The fourth-order valence-electron chi connectivity index (χ4n) is 2.15. The van der Waals surface area contributed by atoms with E-state index in [9.17, 15) is 17.6 Å². The van der Waals surface area contributed by atoms with E-state index in [4.69, 9.17) is 0 Å². The Kier molecular flexibility index (Phi) is 4.39. The normalized spacial score (nSPS) is 19.3. The number of hydrogen-bond donors (Lipinski definition) is 1. The predicted molar refractivity (Wildman–Crippen MR) is 73.3 cm³/mol. The largest absolute Gasteiger partial charge is 0.337 e. The van der Waals surface area contributed by atoms with Crippen LogP contribution in [-0.2, 0) is 10.0 Å². The summed E-state index contributed by atoms with van der Waals surface area (Å²) in [6.07, 6.45) is 0.589. The molecule has 0 bridgehead atoms. The Morgan fingerprint density at radius 2 is 2.05 bits per heavy atom. The Bertz CT molecular complexity index is 586. The van der Waals surface area contributed by atoms with E-state index < -0.39 is 15.8 Å². The van der Waals surface area contributed by atoms with Crippen molar-refractivity contribution in [3.8, 4) is 0 Å². The Morgan fingerprint density at radius 3 is 2.65 bits per heavy atom. The molecule has 0 spiro atoms. The highest BCUT2D eigenvalue weighted by molar-refractivity contribution is 7.89. The van der Waals surface area contributed by atoms with Gasteiger partial charge in [-0.25, -0.2) is 17.5 Å². The van der Waals surface area contributed by atoms with Gasteiger partial charge in [-0.1, -0.05) is 0 Å².